The third-order valence-corrected chi connectivity index (χ3v) is 4.87. The van der Waals surface area contributed by atoms with E-state index in [0.29, 0.717) is 24.3 Å². The SMILES string of the molecule is O=C(O)c1cccc(-c2cccc3ncnc(N4CCCC4C(=O)O)c23)c1. The molecule has 0 aliphatic carbocycles. The van der Waals surface area contributed by atoms with Crippen LogP contribution in [0.3, 0.4) is 0 Å². The molecular formula is C20H17N3O4. The topological polar surface area (TPSA) is 104 Å². The van der Waals surface area contributed by atoms with Crippen LogP contribution in [0.15, 0.2) is 48.8 Å². The van der Waals surface area contributed by atoms with Gasteiger partial charge in [0.15, 0.2) is 0 Å². The van der Waals surface area contributed by atoms with Crippen LogP contribution < -0.4 is 4.90 Å². The Morgan fingerprint density at radius 3 is 2.67 bits per heavy atom. The van der Waals surface area contributed by atoms with E-state index in [2.05, 4.69) is 9.97 Å². The molecule has 1 atom stereocenters. The van der Waals surface area contributed by atoms with Crippen molar-refractivity contribution in [3.05, 3.63) is 54.4 Å². The van der Waals surface area contributed by atoms with Gasteiger partial charge in [0.25, 0.3) is 0 Å². The summed E-state index contributed by atoms with van der Waals surface area (Å²) in [4.78, 5) is 33.5. The van der Waals surface area contributed by atoms with Crippen molar-refractivity contribution in [1.82, 2.24) is 9.97 Å². The van der Waals surface area contributed by atoms with Gasteiger partial charge in [-0.1, -0.05) is 24.3 Å². The Balaban J connectivity index is 1.94. The summed E-state index contributed by atoms with van der Waals surface area (Å²) in [5.74, 6) is -1.30. The van der Waals surface area contributed by atoms with Crippen molar-refractivity contribution in [2.45, 2.75) is 18.9 Å². The first-order valence-corrected chi connectivity index (χ1v) is 8.63. The van der Waals surface area contributed by atoms with Crippen LogP contribution in [0, 0.1) is 0 Å². The van der Waals surface area contributed by atoms with Gasteiger partial charge in [-0.05, 0) is 42.2 Å². The van der Waals surface area contributed by atoms with E-state index in [1.165, 1.54) is 12.4 Å². The van der Waals surface area contributed by atoms with Gasteiger partial charge in [-0.3, -0.25) is 0 Å². The molecule has 2 aromatic carbocycles. The lowest BCUT2D eigenvalue weighted by atomic mass is 9.98. The van der Waals surface area contributed by atoms with Crippen molar-refractivity contribution in [2.24, 2.45) is 0 Å². The molecule has 7 nitrogen and oxygen atoms in total. The van der Waals surface area contributed by atoms with E-state index < -0.39 is 18.0 Å². The van der Waals surface area contributed by atoms with Gasteiger partial charge in [-0.15, -0.1) is 0 Å². The number of aliphatic carboxylic acids is 1. The standard InChI is InChI=1S/C20H17N3O4/c24-19(25)13-5-1-4-12(10-13)14-6-2-7-15-17(14)18(22-11-21-15)23-9-3-8-16(23)20(26)27/h1-2,4-7,10-11,16H,3,8-9H2,(H,24,25)(H,26,27). The average Bonchev–Trinajstić information content (AvgIpc) is 3.17. The zero-order chi connectivity index (χ0) is 19.0. The number of carboxylic acid groups (broad SMARTS) is 2. The molecule has 0 saturated carbocycles. The summed E-state index contributed by atoms with van der Waals surface area (Å²) in [5, 5.41) is 19.6. The van der Waals surface area contributed by atoms with E-state index in [1.54, 1.807) is 17.0 Å². The van der Waals surface area contributed by atoms with Crippen LogP contribution in [0.5, 0.6) is 0 Å². The molecule has 4 rings (SSSR count). The summed E-state index contributed by atoms with van der Waals surface area (Å²) in [5.41, 5.74) is 2.38. The molecule has 1 aliphatic heterocycles. The number of carbonyl (C=O) groups is 2. The predicted octanol–water partition coefficient (Wildman–Crippen LogP) is 3.05. The van der Waals surface area contributed by atoms with Gasteiger partial charge >= 0.3 is 11.9 Å². The summed E-state index contributed by atoms with van der Waals surface area (Å²) >= 11 is 0. The van der Waals surface area contributed by atoms with Gasteiger partial charge in [-0.2, -0.15) is 0 Å². The molecule has 7 heteroatoms. The summed E-state index contributed by atoms with van der Waals surface area (Å²) in [7, 11) is 0. The Bertz CT molecular complexity index is 1050. The molecule has 1 saturated heterocycles. The normalized spacial score (nSPS) is 16.6. The molecule has 1 aliphatic rings. The number of nitrogens with zero attached hydrogens (tertiary/aromatic N) is 3. The van der Waals surface area contributed by atoms with Gasteiger partial charge in [0.05, 0.1) is 16.5 Å². The zero-order valence-electron chi connectivity index (χ0n) is 14.4. The molecule has 1 unspecified atom stereocenters. The quantitative estimate of drug-likeness (QED) is 0.734. The minimum atomic E-state index is -1.00. The molecule has 2 heterocycles. The third-order valence-electron chi connectivity index (χ3n) is 4.87. The molecular weight excluding hydrogens is 346 g/mol. The zero-order valence-corrected chi connectivity index (χ0v) is 14.4. The Labute approximate surface area is 154 Å². The largest absolute Gasteiger partial charge is 0.480 e. The Kier molecular flexibility index (Phi) is 4.19. The molecule has 0 amide bonds. The highest BCUT2D eigenvalue weighted by atomic mass is 16.4. The second-order valence-electron chi connectivity index (χ2n) is 6.47. The maximum atomic E-state index is 11.6. The lowest BCUT2D eigenvalue weighted by molar-refractivity contribution is -0.138. The van der Waals surface area contributed by atoms with Crippen molar-refractivity contribution in [1.29, 1.82) is 0 Å². The maximum absolute atomic E-state index is 11.6. The Morgan fingerprint density at radius 2 is 1.89 bits per heavy atom. The highest BCUT2D eigenvalue weighted by molar-refractivity contribution is 6.03. The number of aromatic nitrogens is 2. The molecule has 1 aromatic heterocycles. The number of hydrogen-bond acceptors (Lipinski definition) is 5. The number of hydrogen-bond donors (Lipinski definition) is 2. The van der Waals surface area contributed by atoms with Crippen LogP contribution >= 0.6 is 0 Å². The fourth-order valence-electron chi connectivity index (χ4n) is 3.65. The monoisotopic (exact) mass is 363 g/mol. The van der Waals surface area contributed by atoms with Crippen LogP contribution in [0.25, 0.3) is 22.0 Å². The predicted molar refractivity (Wildman–Crippen MR) is 99.9 cm³/mol. The number of anilines is 1. The van der Waals surface area contributed by atoms with Crippen LogP contribution in [-0.2, 0) is 4.79 Å². The van der Waals surface area contributed by atoms with E-state index in [9.17, 15) is 19.8 Å². The van der Waals surface area contributed by atoms with Gasteiger partial charge in [0.1, 0.15) is 18.2 Å². The van der Waals surface area contributed by atoms with Crippen LogP contribution in [0.1, 0.15) is 23.2 Å². The molecule has 3 aromatic rings. The van der Waals surface area contributed by atoms with E-state index in [0.717, 1.165) is 22.9 Å². The molecule has 1 fully saturated rings. The lowest BCUT2D eigenvalue weighted by Gasteiger charge is -2.24. The second kappa shape index (κ2) is 6.68. The van der Waals surface area contributed by atoms with Gasteiger partial charge in [-0.25, -0.2) is 19.6 Å². The minimum absolute atomic E-state index is 0.187. The first-order valence-electron chi connectivity index (χ1n) is 8.63. The molecule has 0 spiro atoms. The average molecular weight is 363 g/mol. The minimum Gasteiger partial charge on any atom is -0.480 e. The van der Waals surface area contributed by atoms with Crippen LogP contribution in [0.2, 0.25) is 0 Å². The Hall–Kier alpha value is -3.48. The van der Waals surface area contributed by atoms with Crippen LogP contribution in [0.4, 0.5) is 5.82 Å². The first kappa shape index (κ1) is 17.0. The first-order chi connectivity index (χ1) is 13.1. The molecule has 0 radical (unpaired) electrons. The number of rotatable bonds is 4. The highest BCUT2D eigenvalue weighted by Gasteiger charge is 2.33. The molecule has 27 heavy (non-hydrogen) atoms. The van der Waals surface area contributed by atoms with Crippen molar-refractivity contribution in [2.75, 3.05) is 11.4 Å². The van der Waals surface area contributed by atoms with Gasteiger partial charge < -0.3 is 15.1 Å². The number of aromatic carboxylic acids is 1. The van der Waals surface area contributed by atoms with E-state index in [4.69, 9.17) is 0 Å². The molecule has 136 valence electrons. The molecule has 2 N–H and O–H groups in total. The number of carboxylic acids is 2. The summed E-state index contributed by atoms with van der Waals surface area (Å²) < 4.78 is 0. The summed E-state index contributed by atoms with van der Waals surface area (Å²) in [6.45, 7) is 0.604. The van der Waals surface area contributed by atoms with Gasteiger partial charge in [0, 0.05) is 6.54 Å². The smallest absolute Gasteiger partial charge is 0.335 e. The highest BCUT2D eigenvalue weighted by Crippen LogP contribution is 2.36. The van der Waals surface area contributed by atoms with E-state index in [-0.39, 0.29) is 5.56 Å². The maximum Gasteiger partial charge on any atom is 0.335 e. The Morgan fingerprint density at radius 1 is 1.07 bits per heavy atom. The fourth-order valence-corrected chi connectivity index (χ4v) is 3.65. The van der Waals surface area contributed by atoms with Crippen molar-refractivity contribution in [3.63, 3.8) is 0 Å². The van der Waals surface area contributed by atoms with Crippen molar-refractivity contribution in [3.8, 4) is 11.1 Å². The second-order valence-corrected chi connectivity index (χ2v) is 6.47. The fraction of sp³-hybridized carbons (Fsp3) is 0.200. The van der Waals surface area contributed by atoms with Crippen molar-refractivity contribution < 1.29 is 19.8 Å². The third kappa shape index (κ3) is 2.97. The van der Waals surface area contributed by atoms with Gasteiger partial charge in [0.2, 0.25) is 0 Å². The van der Waals surface area contributed by atoms with E-state index >= 15 is 0 Å². The van der Waals surface area contributed by atoms with Crippen molar-refractivity contribution >= 4 is 28.7 Å². The lowest BCUT2D eigenvalue weighted by Crippen LogP contribution is -2.36. The number of fused-ring (bicyclic) bond motifs is 1. The summed E-state index contributed by atoms with van der Waals surface area (Å²) in [6, 6.07) is 11.6. The summed E-state index contributed by atoms with van der Waals surface area (Å²) in [6.07, 6.45) is 2.78. The van der Waals surface area contributed by atoms with Crippen LogP contribution in [-0.4, -0.2) is 44.7 Å². The number of benzene rings is 2. The molecule has 0 bridgehead atoms. The van der Waals surface area contributed by atoms with E-state index in [1.807, 2.05) is 24.3 Å².